The van der Waals surface area contributed by atoms with E-state index < -0.39 is 10.0 Å². The van der Waals surface area contributed by atoms with Crippen molar-refractivity contribution in [2.75, 3.05) is 6.54 Å². The number of sulfonamides is 1. The van der Waals surface area contributed by atoms with Crippen molar-refractivity contribution in [2.24, 2.45) is 0 Å². The number of benzene rings is 2. The van der Waals surface area contributed by atoms with Gasteiger partial charge in [0.05, 0.1) is 10.9 Å². The third-order valence-electron chi connectivity index (χ3n) is 4.76. The Morgan fingerprint density at radius 3 is 2.50 bits per heavy atom. The van der Waals surface area contributed by atoms with Gasteiger partial charge in [-0.2, -0.15) is 4.31 Å². The van der Waals surface area contributed by atoms with Gasteiger partial charge in [-0.05, 0) is 48.9 Å². The van der Waals surface area contributed by atoms with Crippen LogP contribution >= 0.6 is 0 Å². The Balaban J connectivity index is 1.94. The van der Waals surface area contributed by atoms with E-state index in [9.17, 15) is 13.5 Å². The molecule has 1 atom stereocenters. The van der Waals surface area contributed by atoms with E-state index in [-0.39, 0.29) is 16.7 Å². The van der Waals surface area contributed by atoms with Crippen molar-refractivity contribution in [1.82, 2.24) is 4.31 Å². The normalized spacial score (nSPS) is 18.8. The molecule has 1 saturated heterocycles. The first kappa shape index (κ1) is 17.0. The molecule has 1 fully saturated rings. The molecule has 0 amide bonds. The summed E-state index contributed by atoms with van der Waals surface area (Å²) in [5.41, 5.74) is 2.95. The molecule has 0 saturated carbocycles. The smallest absolute Gasteiger partial charge is 0.243 e. The largest absolute Gasteiger partial charge is 0.508 e. The molecule has 5 heteroatoms. The van der Waals surface area contributed by atoms with Crippen LogP contribution in [0.1, 0.15) is 42.5 Å². The summed E-state index contributed by atoms with van der Waals surface area (Å²) < 4.78 is 27.6. The molecule has 0 radical (unpaired) electrons. The van der Waals surface area contributed by atoms with Crippen LogP contribution in [0, 0.1) is 6.92 Å². The molecular formula is C19H23NO3S. The van der Waals surface area contributed by atoms with Crippen molar-refractivity contribution < 1.29 is 13.5 Å². The van der Waals surface area contributed by atoms with Crippen LogP contribution in [0.25, 0.3) is 0 Å². The van der Waals surface area contributed by atoms with Crippen LogP contribution < -0.4 is 0 Å². The predicted octanol–water partition coefficient (Wildman–Crippen LogP) is 3.79. The summed E-state index contributed by atoms with van der Waals surface area (Å²) in [6.07, 6.45) is 2.63. The second kappa shape index (κ2) is 6.57. The molecule has 2 aromatic rings. The van der Waals surface area contributed by atoms with Gasteiger partial charge in [-0.1, -0.05) is 37.3 Å². The average molecular weight is 345 g/mol. The fraction of sp³-hybridized carbons (Fsp3) is 0.368. The highest BCUT2D eigenvalue weighted by Crippen LogP contribution is 2.37. The van der Waals surface area contributed by atoms with Gasteiger partial charge in [0.15, 0.2) is 0 Å². The molecule has 1 aliphatic rings. The molecule has 1 N–H and O–H groups in total. The fourth-order valence-corrected chi connectivity index (χ4v) is 4.92. The van der Waals surface area contributed by atoms with E-state index in [2.05, 4.69) is 19.1 Å². The van der Waals surface area contributed by atoms with Gasteiger partial charge in [-0.15, -0.1) is 0 Å². The van der Waals surface area contributed by atoms with Crippen molar-refractivity contribution >= 4 is 10.0 Å². The first-order chi connectivity index (χ1) is 11.4. The van der Waals surface area contributed by atoms with E-state index >= 15 is 0 Å². The molecule has 4 nitrogen and oxygen atoms in total. The molecule has 3 rings (SSSR count). The van der Waals surface area contributed by atoms with Crippen molar-refractivity contribution in [3.63, 3.8) is 0 Å². The zero-order valence-electron chi connectivity index (χ0n) is 14.1. The highest BCUT2D eigenvalue weighted by atomic mass is 32.2. The summed E-state index contributed by atoms with van der Waals surface area (Å²) in [5.74, 6) is 0.0131. The number of phenols is 1. The molecule has 24 heavy (non-hydrogen) atoms. The minimum atomic E-state index is -3.62. The van der Waals surface area contributed by atoms with Gasteiger partial charge in [0.2, 0.25) is 10.0 Å². The Bertz CT molecular complexity index is 828. The van der Waals surface area contributed by atoms with E-state index in [0.29, 0.717) is 12.1 Å². The minimum absolute atomic E-state index is 0.0131. The first-order valence-corrected chi connectivity index (χ1v) is 9.78. The number of aryl methyl sites for hydroxylation is 2. The molecule has 1 unspecified atom stereocenters. The number of rotatable bonds is 4. The van der Waals surface area contributed by atoms with Gasteiger partial charge in [0, 0.05) is 12.6 Å². The maximum atomic E-state index is 13.0. The van der Waals surface area contributed by atoms with Crippen LogP contribution in [0.3, 0.4) is 0 Å². The van der Waals surface area contributed by atoms with Crippen molar-refractivity contribution in [1.29, 1.82) is 0 Å². The number of aromatic hydroxyl groups is 1. The topological polar surface area (TPSA) is 57.6 Å². The minimum Gasteiger partial charge on any atom is -0.508 e. The van der Waals surface area contributed by atoms with Gasteiger partial charge < -0.3 is 5.11 Å². The summed E-state index contributed by atoms with van der Waals surface area (Å²) in [6, 6.07) is 12.6. The average Bonchev–Trinajstić information content (AvgIpc) is 3.08. The van der Waals surface area contributed by atoms with Crippen LogP contribution in [0.2, 0.25) is 0 Å². The molecular weight excluding hydrogens is 322 g/mol. The maximum Gasteiger partial charge on any atom is 0.243 e. The monoisotopic (exact) mass is 345 g/mol. The lowest BCUT2D eigenvalue weighted by Gasteiger charge is -2.25. The molecule has 128 valence electrons. The van der Waals surface area contributed by atoms with Crippen LogP contribution in [0.5, 0.6) is 5.75 Å². The number of hydrogen-bond acceptors (Lipinski definition) is 3. The SMILES string of the molecule is CCc1ccc(C2CCCN2S(=O)(=O)c2ccc(C)c(O)c2)cc1. The van der Waals surface area contributed by atoms with Crippen molar-refractivity contribution in [3.8, 4) is 5.75 Å². The van der Waals surface area contributed by atoms with E-state index in [1.54, 1.807) is 23.4 Å². The zero-order valence-corrected chi connectivity index (χ0v) is 14.9. The quantitative estimate of drug-likeness (QED) is 0.917. The van der Waals surface area contributed by atoms with Crippen LogP contribution in [-0.2, 0) is 16.4 Å². The van der Waals surface area contributed by atoms with Gasteiger partial charge in [-0.3, -0.25) is 0 Å². The highest BCUT2D eigenvalue weighted by molar-refractivity contribution is 7.89. The van der Waals surface area contributed by atoms with Gasteiger partial charge in [-0.25, -0.2) is 8.42 Å². The molecule has 0 spiro atoms. The Morgan fingerprint density at radius 1 is 1.17 bits per heavy atom. The zero-order chi connectivity index (χ0) is 17.3. The second-order valence-corrected chi connectivity index (χ2v) is 8.21. The Kier molecular flexibility index (Phi) is 4.65. The van der Waals surface area contributed by atoms with Gasteiger partial charge in [0.1, 0.15) is 5.75 Å². The van der Waals surface area contributed by atoms with E-state index in [0.717, 1.165) is 24.8 Å². The third kappa shape index (κ3) is 3.06. The Labute approximate surface area is 143 Å². The summed E-state index contributed by atoms with van der Waals surface area (Å²) in [7, 11) is -3.62. The Morgan fingerprint density at radius 2 is 1.88 bits per heavy atom. The van der Waals surface area contributed by atoms with Crippen molar-refractivity contribution in [3.05, 3.63) is 59.2 Å². The molecule has 0 bridgehead atoms. The van der Waals surface area contributed by atoms with Crippen LogP contribution in [0.15, 0.2) is 47.4 Å². The number of phenolic OH excluding ortho intramolecular Hbond substituents is 1. The van der Waals surface area contributed by atoms with Gasteiger partial charge in [0.25, 0.3) is 0 Å². The maximum absolute atomic E-state index is 13.0. The summed E-state index contributed by atoms with van der Waals surface area (Å²) in [4.78, 5) is 0.155. The lowest BCUT2D eigenvalue weighted by Crippen LogP contribution is -2.30. The van der Waals surface area contributed by atoms with E-state index in [1.807, 2.05) is 12.1 Å². The van der Waals surface area contributed by atoms with E-state index in [1.165, 1.54) is 11.6 Å². The first-order valence-electron chi connectivity index (χ1n) is 8.34. The molecule has 1 heterocycles. The molecule has 1 aliphatic heterocycles. The third-order valence-corrected chi connectivity index (χ3v) is 6.67. The summed E-state index contributed by atoms with van der Waals surface area (Å²) in [6.45, 7) is 4.36. The van der Waals surface area contributed by atoms with Crippen LogP contribution in [-0.4, -0.2) is 24.4 Å². The molecule has 0 aliphatic carbocycles. The van der Waals surface area contributed by atoms with Crippen molar-refractivity contribution in [2.45, 2.75) is 44.0 Å². The fourth-order valence-electron chi connectivity index (χ4n) is 3.22. The van der Waals surface area contributed by atoms with Crippen LogP contribution in [0.4, 0.5) is 0 Å². The predicted molar refractivity (Wildman–Crippen MR) is 94.5 cm³/mol. The Hall–Kier alpha value is -1.85. The number of nitrogens with zero attached hydrogens (tertiary/aromatic N) is 1. The second-order valence-electron chi connectivity index (χ2n) is 6.32. The molecule has 0 aromatic heterocycles. The molecule has 2 aromatic carbocycles. The highest BCUT2D eigenvalue weighted by Gasteiger charge is 2.36. The number of hydrogen-bond donors (Lipinski definition) is 1. The van der Waals surface area contributed by atoms with E-state index in [4.69, 9.17) is 0 Å². The summed E-state index contributed by atoms with van der Waals surface area (Å²) >= 11 is 0. The van der Waals surface area contributed by atoms with Gasteiger partial charge >= 0.3 is 0 Å². The lowest BCUT2D eigenvalue weighted by molar-refractivity contribution is 0.396. The standard InChI is InChI=1S/C19H23NO3S/c1-3-15-7-9-16(10-8-15)18-5-4-12-20(18)24(22,23)17-11-6-14(2)19(21)13-17/h6-11,13,18,21H,3-5,12H2,1-2H3. The summed E-state index contributed by atoms with van der Waals surface area (Å²) in [5, 5.41) is 9.86. The lowest BCUT2D eigenvalue weighted by atomic mass is 10.0.